The predicted molar refractivity (Wildman–Crippen MR) is 45.0 cm³/mol. The highest BCUT2D eigenvalue weighted by Gasteiger charge is 2.08. The fraction of sp³-hybridized carbons (Fsp3) is 0.778. The van der Waals surface area contributed by atoms with Gasteiger partial charge in [0.15, 0.2) is 0 Å². The SMILES string of the molecule is CC[C@@H](C)C1=CCNCC1. The highest BCUT2D eigenvalue weighted by Crippen LogP contribution is 2.18. The maximum Gasteiger partial charge on any atom is 0.0137 e. The van der Waals surface area contributed by atoms with E-state index >= 15 is 0 Å². The first-order valence-corrected chi connectivity index (χ1v) is 4.24. The highest BCUT2D eigenvalue weighted by atomic mass is 14.8. The van der Waals surface area contributed by atoms with E-state index < -0.39 is 0 Å². The Morgan fingerprint density at radius 3 is 3.00 bits per heavy atom. The Labute approximate surface area is 63.5 Å². The van der Waals surface area contributed by atoms with Gasteiger partial charge in [0.1, 0.15) is 0 Å². The van der Waals surface area contributed by atoms with E-state index in [0.717, 1.165) is 12.5 Å². The molecule has 0 bridgehead atoms. The van der Waals surface area contributed by atoms with Crippen LogP contribution in [0.25, 0.3) is 0 Å². The Kier molecular flexibility index (Phi) is 2.94. The van der Waals surface area contributed by atoms with Crippen molar-refractivity contribution in [2.24, 2.45) is 5.92 Å². The van der Waals surface area contributed by atoms with Crippen LogP contribution >= 0.6 is 0 Å². The van der Waals surface area contributed by atoms with Gasteiger partial charge in [0.05, 0.1) is 0 Å². The molecule has 1 rings (SSSR count). The Morgan fingerprint density at radius 1 is 1.70 bits per heavy atom. The summed E-state index contributed by atoms with van der Waals surface area (Å²) in [6, 6.07) is 0. The summed E-state index contributed by atoms with van der Waals surface area (Å²) in [5.41, 5.74) is 1.65. The molecule has 0 unspecified atom stereocenters. The van der Waals surface area contributed by atoms with Crippen molar-refractivity contribution in [2.45, 2.75) is 26.7 Å². The lowest BCUT2D eigenvalue weighted by atomic mass is 9.94. The maximum atomic E-state index is 3.32. The van der Waals surface area contributed by atoms with Crippen LogP contribution in [0.5, 0.6) is 0 Å². The van der Waals surface area contributed by atoms with Crippen LogP contribution in [0.1, 0.15) is 26.7 Å². The summed E-state index contributed by atoms with van der Waals surface area (Å²) in [6.07, 6.45) is 4.89. The molecule has 1 nitrogen and oxygen atoms in total. The van der Waals surface area contributed by atoms with Crippen LogP contribution < -0.4 is 5.32 Å². The quantitative estimate of drug-likeness (QED) is 0.577. The van der Waals surface area contributed by atoms with E-state index in [-0.39, 0.29) is 0 Å². The van der Waals surface area contributed by atoms with Crippen molar-refractivity contribution < 1.29 is 0 Å². The van der Waals surface area contributed by atoms with Crippen molar-refractivity contribution in [2.75, 3.05) is 13.1 Å². The minimum absolute atomic E-state index is 0.807. The first-order chi connectivity index (χ1) is 4.84. The number of hydrogen-bond acceptors (Lipinski definition) is 1. The van der Waals surface area contributed by atoms with E-state index in [1.807, 2.05) is 0 Å². The maximum absolute atomic E-state index is 3.32. The molecule has 0 fully saturated rings. The standard InChI is InChI=1S/C9H17N/c1-3-8(2)9-4-6-10-7-5-9/h4,8,10H,3,5-7H2,1-2H3/t8-/m1/s1. The second kappa shape index (κ2) is 3.77. The third-order valence-electron chi connectivity index (χ3n) is 2.34. The van der Waals surface area contributed by atoms with Crippen molar-refractivity contribution >= 4 is 0 Å². The van der Waals surface area contributed by atoms with E-state index in [4.69, 9.17) is 0 Å². The van der Waals surface area contributed by atoms with Gasteiger partial charge >= 0.3 is 0 Å². The molecule has 0 saturated heterocycles. The highest BCUT2D eigenvalue weighted by molar-refractivity contribution is 5.09. The van der Waals surface area contributed by atoms with Crippen molar-refractivity contribution in [3.05, 3.63) is 11.6 Å². The lowest BCUT2D eigenvalue weighted by Crippen LogP contribution is -2.22. The summed E-state index contributed by atoms with van der Waals surface area (Å²) >= 11 is 0. The summed E-state index contributed by atoms with van der Waals surface area (Å²) < 4.78 is 0. The summed E-state index contributed by atoms with van der Waals surface area (Å²) in [4.78, 5) is 0. The molecular formula is C9H17N. The zero-order valence-corrected chi connectivity index (χ0v) is 6.98. The fourth-order valence-corrected chi connectivity index (χ4v) is 1.35. The summed E-state index contributed by atoms with van der Waals surface area (Å²) in [7, 11) is 0. The number of hydrogen-bond donors (Lipinski definition) is 1. The second-order valence-electron chi connectivity index (χ2n) is 3.04. The summed E-state index contributed by atoms with van der Waals surface area (Å²) in [5.74, 6) is 0.807. The van der Waals surface area contributed by atoms with Crippen LogP contribution in [0, 0.1) is 5.92 Å². The lowest BCUT2D eigenvalue weighted by molar-refractivity contribution is 0.579. The van der Waals surface area contributed by atoms with Crippen molar-refractivity contribution in [1.29, 1.82) is 0 Å². The number of nitrogens with one attached hydrogen (secondary N) is 1. The third-order valence-corrected chi connectivity index (χ3v) is 2.34. The first-order valence-electron chi connectivity index (χ1n) is 4.24. The molecule has 1 heterocycles. The Morgan fingerprint density at radius 2 is 2.50 bits per heavy atom. The van der Waals surface area contributed by atoms with Crippen molar-refractivity contribution in [3.63, 3.8) is 0 Å². The Hall–Kier alpha value is -0.300. The Balaban J connectivity index is 2.44. The zero-order valence-electron chi connectivity index (χ0n) is 6.98. The van der Waals surface area contributed by atoms with Crippen LogP contribution in [-0.2, 0) is 0 Å². The van der Waals surface area contributed by atoms with Gasteiger partial charge in [-0.25, -0.2) is 0 Å². The summed E-state index contributed by atoms with van der Waals surface area (Å²) in [5, 5.41) is 3.32. The third kappa shape index (κ3) is 1.84. The molecule has 0 aromatic carbocycles. The molecule has 58 valence electrons. The predicted octanol–water partition coefficient (Wildman–Crippen LogP) is 1.95. The van der Waals surface area contributed by atoms with Gasteiger partial charge < -0.3 is 5.32 Å². The topological polar surface area (TPSA) is 12.0 Å². The molecule has 0 aliphatic carbocycles. The smallest absolute Gasteiger partial charge is 0.0137 e. The minimum atomic E-state index is 0.807. The number of rotatable bonds is 2. The van der Waals surface area contributed by atoms with E-state index in [9.17, 15) is 0 Å². The molecule has 0 saturated carbocycles. The van der Waals surface area contributed by atoms with Crippen LogP contribution in [0.3, 0.4) is 0 Å². The first kappa shape index (κ1) is 7.80. The largest absolute Gasteiger partial charge is 0.313 e. The molecule has 1 aliphatic rings. The molecule has 1 aliphatic heterocycles. The minimum Gasteiger partial charge on any atom is -0.313 e. The molecule has 0 radical (unpaired) electrons. The molecule has 1 atom stereocenters. The van der Waals surface area contributed by atoms with Crippen molar-refractivity contribution in [1.82, 2.24) is 5.32 Å². The van der Waals surface area contributed by atoms with Gasteiger partial charge in [-0.05, 0) is 25.3 Å². The van der Waals surface area contributed by atoms with E-state index in [2.05, 4.69) is 25.2 Å². The molecule has 0 spiro atoms. The van der Waals surface area contributed by atoms with Crippen LogP contribution in [0.15, 0.2) is 11.6 Å². The van der Waals surface area contributed by atoms with Crippen molar-refractivity contribution in [3.8, 4) is 0 Å². The van der Waals surface area contributed by atoms with Gasteiger partial charge in [0.25, 0.3) is 0 Å². The van der Waals surface area contributed by atoms with Crippen LogP contribution in [0.2, 0.25) is 0 Å². The Bertz CT molecular complexity index is 127. The van der Waals surface area contributed by atoms with Gasteiger partial charge in [-0.2, -0.15) is 0 Å². The van der Waals surface area contributed by atoms with E-state index in [0.29, 0.717) is 0 Å². The molecule has 0 aromatic rings. The molecule has 1 heteroatoms. The zero-order chi connectivity index (χ0) is 7.40. The van der Waals surface area contributed by atoms with Gasteiger partial charge in [0.2, 0.25) is 0 Å². The molecule has 10 heavy (non-hydrogen) atoms. The lowest BCUT2D eigenvalue weighted by Gasteiger charge is -2.18. The molecule has 0 amide bonds. The van der Waals surface area contributed by atoms with E-state index in [1.54, 1.807) is 5.57 Å². The average Bonchev–Trinajstić information content (AvgIpc) is 2.05. The van der Waals surface area contributed by atoms with Gasteiger partial charge in [0, 0.05) is 6.54 Å². The van der Waals surface area contributed by atoms with E-state index in [1.165, 1.54) is 19.4 Å². The van der Waals surface area contributed by atoms with Gasteiger partial charge in [-0.1, -0.05) is 25.5 Å². The van der Waals surface area contributed by atoms with Gasteiger partial charge in [-0.15, -0.1) is 0 Å². The monoisotopic (exact) mass is 139 g/mol. The average molecular weight is 139 g/mol. The molecule has 0 aromatic heterocycles. The summed E-state index contributed by atoms with van der Waals surface area (Å²) in [6.45, 7) is 6.83. The normalized spacial score (nSPS) is 22.0. The molecular weight excluding hydrogens is 122 g/mol. The molecule has 1 N–H and O–H groups in total. The van der Waals surface area contributed by atoms with Crippen LogP contribution in [0.4, 0.5) is 0 Å². The van der Waals surface area contributed by atoms with Crippen LogP contribution in [-0.4, -0.2) is 13.1 Å². The fourth-order valence-electron chi connectivity index (χ4n) is 1.35. The second-order valence-corrected chi connectivity index (χ2v) is 3.04. The van der Waals surface area contributed by atoms with Gasteiger partial charge in [-0.3, -0.25) is 0 Å².